The molecule has 0 aromatic heterocycles. The second kappa shape index (κ2) is 7.14. The Morgan fingerprint density at radius 1 is 0.957 bits per heavy atom. The van der Waals surface area contributed by atoms with Gasteiger partial charge in [-0.1, -0.05) is 49.2 Å². The molecule has 5 heteroatoms. The first-order valence-corrected chi connectivity index (χ1v) is 8.20. The summed E-state index contributed by atoms with van der Waals surface area (Å²) in [5, 5.41) is 0.246. The molecule has 2 rings (SSSR count). The first-order valence-electron chi connectivity index (χ1n) is 7.44. The smallest absolute Gasteiger partial charge is 0.166 e. The molecule has 0 nitrogen and oxygen atoms in total. The standard InChI is InChI=1S/C18H17Cl2F3/c1-3-11(4-2)14-7-6-13(19)10-15(14)12-5-8-16(17(20)9-12)18(21,22)23/h5-11H,3-4H2,1-2H3. The monoisotopic (exact) mass is 360 g/mol. The molecule has 0 saturated heterocycles. The molecule has 124 valence electrons. The number of alkyl halides is 3. The van der Waals surface area contributed by atoms with Crippen LogP contribution in [0.1, 0.15) is 43.7 Å². The summed E-state index contributed by atoms with van der Waals surface area (Å²) in [7, 11) is 0. The minimum Gasteiger partial charge on any atom is -0.166 e. The summed E-state index contributed by atoms with van der Waals surface area (Å²) < 4.78 is 38.6. The van der Waals surface area contributed by atoms with Crippen LogP contribution in [0, 0.1) is 0 Å². The van der Waals surface area contributed by atoms with Crippen LogP contribution in [0.15, 0.2) is 36.4 Å². The molecule has 0 aliphatic carbocycles. The van der Waals surface area contributed by atoms with Crippen LogP contribution in [-0.4, -0.2) is 0 Å². The third-order valence-electron chi connectivity index (χ3n) is 4.03. The molecule has 0 N–H and O–H groups in total. The number of rotatable bonds is 4. The predicted molar refractivity (Wildman–Crippen MR) is 90.2 cm³/mol. The molecule has 0 heterocycles. The van der Waals surface area contributed by atoms with Crippen molar-refractivity contribution in [2.45, 2.75) is 38.8 Å². The summed E-state index contributed by atoms with van der Waals surface area (Å²) in [5.74, 6) is 0.323. The highest BCUT2D eigenvalue weighted by atomic mass is 35.5. The van der Waals surface area contributed by atoms with E-state index in [4.69, 9.17) is 23.2 Å². The molecule has 0 spiro atoms. The predicted octanol–water partition coefficient (Wildman–Crippen LogP) is 7.58. The molecule has 0 saturated carbocycles. The Balaban J connectivity index is 2.58. The lowest BCUT2D eigenvalue weighted by Gasteiger charge is -2.19. The molecular weight excluding hydrogens is 344 g/mol. The maximum absolute atomic E-state index is 12.9. The van der Waals surface area contributed by atoms with E-state index in [1.54, 1.807) is 6.07 Å². The van der Waals surface area contributed by atoms with E-state index >= 15 is 0 Å². The summed E-state index contributed by atoms with van der Waals surface area (Å²) in [5.41, 5.74) is 1.73. The van der Waals surface area contributed by atoms with Gasteiger partial charge in [0.05, 0.1) is 10.6 Å². The fraction of sp³-hybridized carbons (Fsp3) is 0.333. The van der Waals surface area contributed by atoms with E-state index in [0.29, 0.717) is 16.5 Å². The highest BCUT2D eigenvalue weighted by molar-refractivity contribution is 6.32. The van der Waals surface area contributed by atoms with Gasteiger partial charge in [0, 0.05) is 5.02 Å². The van der Waals surface area contributed by atoms with Crippen LogP contribution >= 0.6 is 23.2 Å². The minimum atomic E-state index is -4.46. The molecule has 0 radical (unpaired) electrons. The van der Waals surface area contributed by atoms with E-state index in [1.807, 2.05) is 12.1 Å². The van der Waals surface area contributed by atoms with Crippen molar-refractivity contribution in [3.8, 4) is 11.1 Å². The Labute approximate surface area is 144 Å². The molecule has 23 heavy (non-hydrogen) atoms. The molecule has 0 unspecified atom stereocenters. The Morgan fingerprint density at radius 2 is 1.61 bits per heavy atom. The Morgan fingerprint density at radius 3 is 2.13 bits per heavy atom. The molecular formula is C18H17Cl2F3. The molecule has 2 aromatic rings. The van der Waals surface area contributed by atoms with Gasteiger partial charge in [0.1, 0.15) is 0 Å². The van der Waals surface area contributed by atoms with Gasteiger partial charge >= 0.3 is 6.18 Å². The minimum absolute atomic E-state index is 0.300. The highest BCUT2D eigenvalue weighted by Crippen LogP contribution is 2.39. The number of halogens is 5. The van der Waals surface area contributed by atoms with Crippen LogP contribution in [-0.2, 0) is 6.18 Å². The summed E-state index contributed by atoms with van der Waals surface area (Å²) in [6.07, 6.45) is -2.57. The van der Waals surface area contributed by atoms with Crippen LogP contribution < -0.4 is 0 Å². The van der Waals surface area contributed by atoms with Gasteiger partial charge in [0.15, 0.2) is 0 Å². The van der Waals surface area contributed by atoms with Crippen molar-refractivity contribution in [3.05, 3.63) is 57.6 Å². The van der Waals surface area contributed by atoms with E-state index in [2.05, 4.69) is 13.8 Å². The van der Waals surface area contributed by atoms with E-state index in [-0.39, 0.29) is 5.02 Å². The molecule has 0 aliphatic heterocycles. The third-order valence-corrected chi connectivity index (χ3v) is 4.57. The largest absolute Gasteiger partial charge is 0.417 e. The van der Waals surface area contributed by atoms with E-state index in [0.717, 1.165) is 30.0 Å². The molecule has 0 amide bonds. The zero-order chi connectivity index (χ0) is 17.2. The second-order valence-electron chi connectivity index (χ2n) is 5.44. The van der Waals surface area contributed by atoms with Crippen molar-refractivity contribution >= 4 is 23.2 Å². The second-order valence-corrected chi connectivity index (χ2v) is 6.28. The van der Waals surface area contributed by atoms with Gasteiger partial charge in [-0.05, 0) is 59.7 Å². The molecule has 0 aliphatic rings. The number of benzene rings is 2. The Kier molecular flexibility index (Phi) is 5.64. The van der Waals surface area contributed by atoms with Crippen LogP contribution in [0.4, 0.5) is 13.2 Å². The van der Waals surface area contributed by atoms with Gasteiger partial charge in [0.2, 0.25) is 0 Å². The van der Waals surface area contributed by atoms with E-state index in [1.165, 1.54) is 12.1 Å². The van der Waals surface area contributed by atoms with Gasteiger partial charge in [-0.2, -0.15) is 13.2 Å². The SMILES string of the molecule is CCC(CC)c1ccc(Cl)cc1-c1ccc(C(F)(F)F)c(Cl)c1. The topological polar surface area (TPSA) is 0 Å². The maximum Gasteiger partial charge on any atom is 0.417 e. The van der Waals surface area contributed by atoms with Crippen molar-refractivity contribution < 1.29 is 13.2 Å². The van der Waals surface area contributed by atoms with Crippen LogP contribution in [0.5, 0.6) is 0 Å². The highest BCUT2D eigenvalue weighted by Gasteiger charge is 2.33. The lowest BCUT2D eigenvalue weighted by Crippen LogP contribution is -2.06. The van der Waals surface area contributed by atoms with Crippen LogP contribution in [0.3, 0.4) is 0 Å². The molecule has 2 aromatic carbocycles. The Hall–Kier alpha value is -1.19. The summed E-state index contributed by atoms with van der Waals surface area (Å²) in [6, 6.07) is 9.38. The van der Waals surface area contributed by atoms with Crippen LogP contribution in [0.25, 0.3) is 11.1 Å². The van der Waals surface area contributed by atoms with E-state index in [9.17, 15) is 13.2 Å². The van der Waals surface area contributed by atoms with Crippen LogP contribution in [0.2, 0.25) is 10.0 Å². The van der Waals surface area contributed by atoms with Crippen molar-refractivity contribution in [2.24, 2.45) is 0 Å². The quantitative estimate of drug-likeness (QED) is 0.526. The normalized spacial score (nSPS) is 12.0. The zero-order valence-electron chi connectivity index (χ0n) is 12.8. The summed E-state index contributed by atoms with van der Waals surface area (Å²) in [4.78, 5) is 0. The van der Waals surface area contributed by atoms with E-state index < -0.39 is 11.7 Å². The third kappa shape index (κ3) is 4.02. The number of hydrogen-bond donors (Lipinski definition) is 0. The van der Waals surface area contributed by atoms with Crippen molar-refractivity contribution in [3.63, 3.8) is 0 Å². The van der Waals surface area contributed by atoms with Crippen molar-refractivity contribution in [1.82, 2.24) is 0 Å². The molecule has 0 bridgehead atoms. The number of hydrogen-bond acceptors (Lipinski definition) is 0. The summed E-state index contributed by atoms with van der Waals surface area (Å²) >= 11 is 11.9. The average Bonchev–Trinajstić information content (AvgIpc) is 2.48. The van der Waals surface area contributed by atoms with Gasteiger partial charge in [-0.3, -0.25) is 0 Å². The lowest BCUT2D eigenvalue weighted by atomic mass is 9.87. The van der Waals surface area contributed by atoms with Gasteiger partial charge in [-0.15, -0.1) is 0 Å². The van der Waals surface area contributed by atoms with Gasteiger partial charge in [0.25, 0.3) is 0 Å². The average molecular weight is 361 g/mol. The van der Waals surface area contributed by atoms with Gasteiger partial charge < -0.3 is 0 Å². The van der Waals surface area contributed by atoms with Crippen molar-refractivity contribution in [1.29, 1.82) is 0 Å². The zero-order valence-corrected chi connectivity index (χ0v) is 14.4. The first kappa shape index (κ1) is 18.2. The molecule has 0 fully saturated rings. The maximum atomic E-state index is 12.9. The Bertz CT molecular complexity index is 689. The van der Waals surface area contributed by atoms with Gasteiger partial charge in [-0.25, -0.2) is 0 Å². The van der Waals surface area contributed by atoms with Crippen molar-refractivity contribution in [2.75, 3.05) is 0 Å². The fourth-order valence-corrected chi connectivity index (χ4v) is 3.24. The summed E-state index contributed by atoms with van der Waals surface area (Å²) in [6.45, 7) is 4.18. The lowest BCUT2D eigenvalue weighted by molar-refractivity contribution is -0.137. The molecule has 0 atom stereocenters. The first-order chi connectivity index (χ1) is 10.8. The fourth-order valence-electron chi connectivity index (χ4n) is 2.78.